The molecule has 0 aromatic heterocycles. The molecule has 4 nitrogen and oxygen atoms in total. The molecule has 0 aliphatic carbocycles. The van der Waals surface area contributed by atoms with Crippen molar-refractivity contribution in [2.45, 2.75) is 38.5 Å². The predicted molar refractivity (Wildman–Crippen MR) is 64.4 cm³/mol. The third-order valence-corrected chi connectivity index (χ3v) is 2.08. The lowest BCUT2D eigenvalue weighted by atomic mass is 10.2. The summed E-state index contributed by atoms with van der Waals surface area (Å²) in [5, 5.41) is 16.3. The summed E-state index contributed by atoms with van der Waals surface area (Å²) in [5.41, 5.74) is 0. The zero-order valence-corrected chi connectivity index (χ0v) is 10.6. The second-order valence-electron chi connectivity index (χ2n) is 3.08. The molecular formula is C10H18Cl2O4. The Morgan fingerprint density at radius 1 is 0.750 bits per heavy atom. The zero-order valence-electron chi connectivity index (χ0n) is 9.12. The molecule has 0 spiro atoms. The van der Waals surface area contributed by atoms with Gasteiger partial charge >= 0.3 is 11.9 Å². The fourth-order valence-corrected chi connectivity index (χ4v) is 1.12. The van der Waals surface area contributed by atoms with Crippen molar-refractivity contribution in [1.82, 2.24) is 0 Å². The highest BCUT2D eigenvalue weighted by Crippen LogP contribution is 1.98. The second-order valence-corrected chi connectivity index (χ2v) is 3.84. The quantitative estimate of drug-likeness (QED) is 0.526. The molecule has 2 N–H and O–H groups in total. The molecule has 0 aliphatic rings. The normalized spacial score (nSPS) is 9.12. The van der Waals surface area contributed by atoms with Gasteiger partial charge < -0.3 is 10.2 Å². The molecule has 0 saturated carbocycles. The van der Waals surface area contributed by atoms with E-state index >= 15 is 0 Å². The highest BCUT2D eigenvalue weighted by molar-refractivity contribution is 6.18. The monoisotopic (exact) mass is 272 g/mol. The van der Waals surface area contributed by atoms with Gasteiger partial charge in [0.05, 0.1) is 0 Å². The summed E-state index contributed by atoms with van der Waals surface area (Å²) in [6.45, 7) is 0. The van der Waals surface area contributed by atoms with Crippen molar-refractivity contribution < 1.29 is 19.8 Å². The van der Waals surface area contributed by atoms with E-state index in [-0.39, 0.29) is 12.8 Å². The zero-order chi connectivity index (χ0) is 12.8. The average molecular weight is 273 g/mol. The van der Waals surface area contributed by atoms with Crippen molar-refractivity contribution in [3.05, 3.63) is 0 Å². The van der Waals surface area contributed by atoms with Gasteiger partial charge in [0.2, 0.25) is 0 Å². The van der Waals surface area contributed by atoms with E-state index < -0.39 is 11.9 Å². The molecule has 0 unspecified atom stereocenters. The van der Waals surface area contributed by atoms with Crippen molar-refractivity contribution in [3.8, 4) is 0 Å². The van der Waals surface area contributed by atoms with Crippen LogP contribution in [0.1, 0.15) is 38.5 Å². The number of carboxylic acid groups (broad SMARTS) is 2. The predicted octanol–water partition coefficient (Wildman–Crippen LogP) is 2.96. The SMILES string of the molecule is ClCCCCCl.O=C(O)CCCCC(=O)O. The topological polar surface area (TPSA) is 74.6 Å². The van der Waals surface area contributed by atoms with Crippen LogP contribution in [-0.2, 0) is 9.59 Å². The smallest absolute Gasteiger partial charge is 0.303 e. The number of carboxylic acids is 2. The number of rotatable bonds is 8. The highest BCUT2D eigenvalue weighted by atomic mass is 35.5. The van der Waals surface area contributed by atoms with E-state index in [9.17, 15) is 9.59 Å². The number of unbranched alkanes of at least 4 members (excludes halogenated alkanes) is 2. The minimum atomic E-state index is -0.870. The van der Waals surface area contributed by atoms with Crippen molar-refractivity contribution in [2.75, 3.05) is 11.8 Å². The van der Waals surface area contributed by atoms with Gasteiger partial charge in [0, 0.05) is 24.6 Å². The molecule has 0 bridgehead atoms. The summed E-state index contributed by atoms with van der Waals surface area (Å²) in [7, 11) is 0. The number of aliphatic carboxylic acids is 2. The Kier molecular flexibility index (Phi) is 16.2. The lowest BCUT2D eigenvalue weighted by Gasteiger charge is -1.92. The molecular weight excluding hydrogens is 255 g/mol. The Morgan fingerprint density at radius 3 is 1.25 bits per heavy atom. The molecule has 0 heterocycles. The number of alkyl halides is 2. The average Bonchev–Trinajstić information content (AvgIpc) is 2.22. The molecule has 0 rings (SSSR count). The summed E-state index contributed by atoms with van der Waals surface area (Å²) in [4.78, 5) is 19.8. The van der Waals surface area contributed by atoms with Crippen LogP contribution >= 0.6 is 23.2 Å². The Balaban J connectivity index is 0. The molecule has 0 aromatic carbocycles. The van der Waals surface area contributed by atoms with Crippen LogP contribution in [0, 0.1) is 0 Å². The Hall–Kier alpha value is -0.480. The van der Waals surface area contributed by atoms with E-state index in [2.05, 4.69) is 0 Å². The summed E-state index contributed by atoms with van der Waals surface area (Å²) in [5.74, 6) is -0.254. The molecule has 16 heavy (non-hydrogen) atoms. The maximum absolute atomic E-state index is 9.90. The number of hydrogen-bond acceptors (Lipinski definition) is 2. The highest BCUT2D eigenvalue weighted by Gasteiger charge is 1.99. The first kappa shape index (κ1) is 17.9. The fourth-order valence-electron chi connectivity index (χ4n) is 0.741. The van der Waals surface area contributed by atoms with Crippen LogP contribution in [-0.4, -0.2) is 33.9 Å². The van der Waals surface area contributed by atoms with E-state index in [0.29, 0.717) is 12.8 Å². The lowest BCUT2D eigenvalue weighted by molar-refractivity contribution is -0.139. The standard InChI is InChI=1S/C6H10O4.C4H8Cl2/c7-5(8)3-1-2-4-6(9)10;5-3-1-2-4-6/h1-4H2,(H,7,8)(H,9,10);1-4H2. The van der Waals surface area contributed by atoms with Gasteiger partial charge in [0.1, 0.15) is 0 Å². The maximum Gasteiger partial charge on any atom is 0.303 e. The maximum atomic E-state index is 9.90. The molecule has 0 amide bonds. The van der Waals surface area contributed by atoms with Crippen LogP contribution in [0.4, 0.5) is 0 Å². The molecule has 96 valence electrons. The van der Waals surface area contributed by atoms with E-state index in [1.807, 2.05) is 0 Å². The lowest BCUT2D eigenvalue weighted by Crippen LogP contribution is -1.97. The minimum absolute atomic E-state index is 0.0628. The summed E-state index contributed by atoms with van der Waals surface area (Å²) in [6.07, 6.45) is 3.11. The van der Waals surface area contributed by atoms with Crippen LogP contribution in [0.15, 0.2) is 0 Å². The van der Waals surface area contributed by atoms with Crippen molar-refractivity contribution >= 4 is 35.1 Å². The van der Waals surface area contributed by atoms with Crippen LogP contribution in [0.3, 0.4) is 0 Å². The van der Waals surface area contributed by atoms with Gasteiger partial charge in [-0.25, -0.2) is 0 Å². The molecule has 0 radical (unpaired) electrons. The first-order chi connectivity index (χ1) is 7.54. The van der Waals surface area contributed by atoms with Crippen molar-refractivity contribution in [3.63, 3.8) is 0 Å². The van der Waals surface area contributed by atoms with Gasteiger partial charge in [-0.1, -0.05) is 0 Å². The molecule has 0 fully saturated rings. The van der Waals surface area contributed by atoms with E-state index in [0.717, 1.165) is 24.6 Å². The Labute approximate surface area is 106 Å². The molecule has 6 heteroatoms. The van der Waals surface area contributed by atoms with Gasteiger partial charge in [-0.3, -0.25) is 9.59 Å². The fraction of sp³-hybridized carbons (Fsp3) is 0.800. The van der Waals surface area contributed by atoms with Gasteiger partial charge in [-0.05, 0) is 25.7 Å². The summed E-state index contributed by atoms with van der Waals surface area (Å²) >= 11 is 10.6. The van der Waals surface area contributed by atoms with E-state index in [1.165, 1.54) is 0 Å². The van der Waals surface area contributed by atoms with Gasteiger partial charge in [0.15, 0.2) is 0 Å². The Bertz CT molecular complexity index is 166. The summed E-state index contributed by atoms with van der Waals surface area (Å²) < 4.78 is 0. The first-order valence-corrected chi connectivity index (χ1v) is 6.17. The number of hydrogen-bond donors (Lipinski definition) is 2. The largest absolute Gasteiger partial charge is 0.481 e. The van der Waals surface area contributed by atoms with Crippen LogP contribution in [0.2, 0.25) is 0 Å². The van der Waals surface area contributed by atoms with Gasteiger partial charge in [-0.2, -0.15) is 0 Å². The third-order valence-electron chi connectivity index (χ3n) is 1.55. The van der Waals surface area contributed by atoms with Gasteiger partial charge in [0.25, 0.3) is 0 Å². The van der Waals surface area contributed by atoms with Gasteiger partial charge in [-0.15, -0.1) is 23.2 Å². The minimum Gasteiger partial charge on any atom is -0.481 e. The molecule has 0 atom stereocenters. The van der Waals surface area contributed by atoms with Crippen LogP contribution in [0.5, 0.6) is 0 Å². The van der Waals surface area contributed by atoms with Crippen LogP contribution in [0.25, 0.3) is 0 Å². The van der Waals surface area contributed by atoms with E-state index in [1.54, 1.807) is 0 Å². The number of halogens is 2. The molecule has 0 saturated heterocycles. The molecule has 0 aromatic rings. The second kappa shape index (κ2) is 14.5. The van der Waals surface area contributed by atoms with Crippen molar-refractivity contribution in [1.29, 1.82) is 0 Å². The van der Waals surface area contributed by atoms with E-state index in [4.69, 9.17) is 33.4 Å². The summed E-state index contributed by atoms with van der Waals surface area (Å²) in [6, 6.07) is 0. The third kappa shape index (κ3) is 23.4. The van der Waals surface area contributed by atoms with Crippen molar-refractivity contribution in [2.24, 2.45) is 0 Å². The first-order valence-electron chi connectivity index (χ1n) is 5.10. The van der Waals surface area contributed by atoms with Crippen LogP contribution < -0.4 is 0 Å². The molecule has 0 aliphatic heterocycles. The number of carbonyl (C=O) groups is 2. The Morgan fingerprint density at radius 2 is 1.06 bits per heavy atom.